The summed E-state index contributed by atoms with van der Waals surface area (Å²) < 4.78 is 38.9. The van der Waals surface area contributed by atoms with Crippen LogP contribution in [0.2, 0.25) is 0 Å². The van der Waals surface area contributed by atoms with Gasteiger partial charge in [-0.1, -0.05) is 6.92 Å². The first-order valence-electron chi connectivity index (χ1n) is 12.1. The van der Waals surface area contributed by atoms with Crippen molar-refractivity contribution in [2.24, 2.45) is 0 Å². The second kappa shape index (κ2) is 12.4. The number of nitrogens with zero attached hydrogens (tertiary/aromatic N) is 3. The molecule has 2 aromatic rings. The monoisotopic (exact) mass is 519 g/mol. The molecule has 1 aromatic carbocycles. The van der Waals surface area contributed by atoms with Crippen LogP contribution in [0.4, 0.5) is 10.5 Å². The lowest BCUT2D eigenvalue weighted by Gasteiger charge is -2.37. The molecular weight excluding hydrogens is 482 g/mol. The van der Waals surface area contributed by atoms with Gasteiger partial charge in [0.2, 0.25) is 10.0 Å². The zero-order chi connectivity index (χ0) is 26.3. The number of likely N-dealkylation sites (tertiary alicyclic amines) is 1. The number of sulfonamides is 1. The van der Waals surface area contributed by atoms with Crippen LogP contribution in [0, 0.1) is 13.8 Å². The average Bonchev–Trinajstić information content (AvgIpc) is 2.84. The highest BCUT2D eigenvalue weighted by Crippen LogP contribution is 2.32. The fraction of sp³-hybridized carbons (Fsp3) is 0.520. The van der Waals surface area contributed by atoms with Crippen molar-refractivity contribution >= 4 is 21.7 Å². The lowest BCUT2D eigenvalue weighted by atomic mass is 10.1. The molecule has 1 aliphatic rings. The Morgan fingerprint density at radius 3 is 2.31 bits per heavy atom. The maximum atomic E-state index is 13.4. The van der Waals surface area contributed by atoms with Crippen LogP contribution in [0.3, 0.4) is 0 Å². The Morgan fingerprint density at radius 2 is 1.72 bits per heavy atom. The summed E-state index contributed by atoms with van der Waals surface area (Å²) in [5, 5.41) is 5.73. The first-order valence-corrected chi connectivity index (χ1v) is 13.6. The SMILES string of the molecule is CCN(C1CCN(CCNC(=O)Nc2cc(C)nc(C)c2)CC1)S(=O)(=O)c1ccc(OC)c(OC)c1. The third-order valence-electron chi connectivity index (χ3n) is 6.29. The molecule has 2 N–H and O–H groups in total. The number of hydrogen-bond acceptors (Lipinski definition) is 7. The summed E-state index contributed by atoms with van der Waals surface area (Å²) in [6.07, 6.45) is 1.45. The van der Waals surface area contributed by atoms with E-state index in [1.807, 2.05) is 32.9 Å². The molecule has 0 bridgehead atoms. The first-order chi connectivity index (χ1) is 17.2. The van der Waals surface area contributed by atoms with E-state index in [0.29, 0.717) is 36.8 Å². The number of piperidine rings is 1. The van der Waals surface area contributed by atoms with Crippen LogP contribution >= 0.6 is 0 Å². The molecule has 0 atom stereocenters. The van der Waals surface area contributed by atoms with Gasteiger partial charge in [0.1, 0.15) is 0 Å². The summed E-state index contributed by atoms with van der Waals surface area (Å²) in [4.78, 5) is 19.0. The number of aryl methyl sites for hydroxylation is 2. The molecule has 0 spiro atoms. The second-order valence-electron chi connectivity index (χ2n) is 8.82. The predicted octanol–water partition coefficient (Wildman–Crippen LogP) is 3.01. The highest BCUT2D eigenvalue weighted by atomic mass is 32.2. The predicted molar refractivity (Wildman–Crippen MR) is 139 cm³/mol. The smallest absolute Gasteiger partial charge is 0.319 e. The Balaban J connectivity index is 1.51. The van der Waals surface area contributed by atoms with Crippen LogP contribution in [0.5, 0.6) is 11.5 Å². The molecule has 1 fully saturated rings. The highest BCUT2D eigenvalue weighted by molar-refractivity contribution is 7.89. The van der Waals surface area contributed by atoms with Crippen molar-refractivity contribution in [1.82, 2.24) is 19.5 Å². The number of urea groups is 1. The van der Waals surface area contributed by atoms with E-state index in [2.05, 4.69) is 20.5 Å². The van der Waals surface area contributed by atoms with Gasteiger partial charge in [-0.2, -0.15) is 4.31 Å². The quantitative estimate of drug-likeness (QED) is 0.496. The number of benzene rings is 1. The molecule has 3 rings (SSSR count). The molecule has 36 heavy (non-hydrogen) atoms. The largest absolute Gasteiger partial charge is 0.493 e. The Kier molecular flexibility index (Phi) is 9.52. The zero-order valence-corrected chi connectivity index (χ0v) is 22.5. The summed E-state index contributed by atoms with van der Waals surface area (Å²) in [7, 11) is -0.677. The van der Waals surface area contributed by atoms with Gasteiger partial charge in [0.25, 0.3) is 0 Å². The van der Waals surface area contributed by atoms with Crippen LogP contribution in [-0.2, 0) is 10.0 Å². The Hall–Kier alpha value is -2.89. The van der Waals surface area contributed by atoms with Gasteiger partial charge in [0, 0.05) is 48.8 Å². The molecule has 2 amide bonds. The average molecular weight is 520 g/mol. The molecule has 1 saturated heterocycles. The molecular formula is C25H37N5O5S. The fourth-order valence-electron chi connectivity index (χ4n) is 4.58. The summed E-state index contributed by atoms with van der Waals surface area (Å²) in [6.45, 7) is 8.74. The van der Waals surface area contributed by atoms with Crippen LogP contribution in [0.1, 0.15) is 31.2 Å². The lowest BCUT2D eigenvalue weighted by molar-refractivity contribution is 0.162. The molecule has 0 aliphatic carbocycles. The number of anilines is 1. The normalized spacial score (nSPS) is 15.1. The lowest BCUT2D eigenvalue weighted by Crippen LogP contribution is -2.48. The minimum Gasteiger partial charge on any atom is -0.493 e. The fourth-order valence-corrected chi connectivity index (χ4v) is 6.29. The van der Waals surface area contributed by atoms with Gasteiger partial charge < -0.3 is 25.0 Å². The number of amides is 2. The van der Waals surface area contributed by atoms with Crippen molar-refractivity contribution in [2.75, 3.05) is 52.3 Å². The van der Waals surface area contributed by atoms with Crippen molar-refractivity contribution in [3.8, 4) is 11.5 Å². The minimum atomic E-state index is -3.68. The molecule has 198 valence electrons. The number of carbonyl (C=O) groups excluding carboxylic acids is 1. The summed E-state index contributed by atoms with van der Waals surface area (Å²) in [6, 6.07) is 7.99. The number of hydrogen-bond donors (Lipinski definition) is 2. The van der Waals surface area contributed by atoms with E-state index in [0.717, 1.165) is 37.3 Å². The van der Waals surface area contributed by atoms with E-state index in [-0.39, 0.29) is 17.0 Å². The third-order valence-corrected chi connectivity index (χ3v) is 8.31. The molecule has 0 radical (unpaired) electrons. The number of pyridine rings is 1. The molecule has 1 aromatic heterocycles. The van der Waals surface area contributed by atoms with E-state index in [1.165, 1.54) is 20.3 Å². The van der Waals surface area contributed by atoms with Gasteiger partial charge in [-0.25, -0.2) is 13.2 Å². The van der Waals surface area contributed by atoms with Crippen molar-refractivity contribution in [3.63, 3.8) is 0 Å². The number of ether oxygens (including phenoxy) is 2. The minimum absolute atomic E-state index is 0.0845. The van der Waals surface area contributed by atoms with Gasteiger partial charge in [-0.05, 0) is 64.0 Å². The standard InChI is InChI=1S/C25H37N5O5S/c1-6-30(36(32,33)22-7-8-23(34-4)24(17-22)35-5)21-9-12-29(13-10-21)14-11-26-25(31)28-20-15-18(2)27-19(3)16-20/h7-8,15-17,21H,6,9-14H2,1-5H3,(H2,26,27,28,31). The van der Waals surface area contributed by atoms with E-state index >= 15 is 0 Å². The van der Waals surface area contributed by atoms with E-state index in [9.17, 15) is 13.2 Å². The number of aromatic nitrogens is 1. The zero-order valence-electron chi connectivity index (χ0n) is 21.7. The summed E-state index contributed by atoms with van der Waals surface area (Å²) in [5.74, 6) is 0.872. The summed E-state index contributed by atoms with van der Waals surface area (Å²) in [5.41, 5.74) is 2.42. The number of carbonyl (C=O) groups is 1. The second-order valence-corrected chi connectivity index (χ2v) is 10.7. The summed E-state index contributed by atoms with van der Waals surface area (Å²) >= 11 is 0. The Labute approximate surface area is 214 Å². The topological polar surface area (TPSA) is 113 Å². The molecule has 0 saturated carbocycles. The van der Waals surface area contributed by atoms with Gasteiger partial charge in [0.05, 0.1) is 19.1 Å². The van der Waals surface area contributed by atoms with Gasteiger partial charge in [-0.3, -0.25) is 4.98 Å². The van der Waals surface area contributed by atoms with Crippen LogP contribution in [0.15, 0.2) is 35.2 Å². The van der Waals surface area contributed by atoms with Gasteiger partial charge in [-0.15, -0.1) is 0 Å². The molecule has 0 unspecified atom stereocenters. The number of rotatable bonds is 10. The van der Waals surface area contributed by atoms with E-state index < -0.39 is 10.0 Å². The van der Waals surface area contributed by atoms with Crippen molar-refractivity contribution in [3.05, 3.63) is 41.7 Å². The van der Waals surface area contributed by atoms with E-state index in [4.69, 9.17) is 9.47 Å². The Bertz CT molecular complexity index is 1130. The maximum absolute atomic E-state index is 13.4. The number of nitrogens with one attached hydrogen (secondary N) is 2. The van der Waals surface area contributed by atoms with Crippen molar-refractivity contribution < 1.29 is 22.7 Å². The molecule has 1 aliphatic heterocycles. The van der Waals surface area contributed by atoms with E-state index in [1.54, 1.807) is 16.4 Å². The maximum Gasteiger partial charge on any atom is 0.319 e. The van der Waals surface area contributed by atoms with Crippen LogP contribution in [-0.4, -0.2) is 81.6 Å². The molecule has 11 heteroatoms. The highest BCUT2D eigenvalue weighted by Gasteiger charge is 2.33. The van der Waals surface area contributed by atoms with Crippen molar-refractivity contribution in [1.29, 1.82) is 0 Å². The number of methoxy groups -OCH3 is 2. The van der Waals surface area contributed by atoms with Crippen LogP contribution in [0.25, 0.3) is 0 Å². The van der Waals surface area contributed by atoms with Crippen molar-refractivity contribution in [2.45, 2.75) is 44.6 Å². The van der Waals surface area contributed by atoms with Gasteiger partial charge in [0.15, 0.2) is 11.5 Å². The van der Waals surface area contributed by atoms with Gasteiger partial charge >= 0.3 is 6.03 Å². The molecule has 10 nitrogen and oxygen atoms in total. The first kappa shape index (κ1) is 27.7. The third kappa shape index (κ3) is 6.86. The molecule has 2 heterocycles. The Morgan fingerprint density at radius 1 is 1.08 bits per heavy atom. The van der Waals surface area contributed by atoms with Crippen LogP contribution < -0.4 is 20.1 Å².